The number of anilines is 1. The van der Waals surface area contributed by atoms with Crippen molar-refractivity contribution in [1.82, 2.24) is 0 Å². The maximum atomic E-state index is 13.9. The maximum Gasteiger partial charge on any atom is 0.180 e. The number of nitrogens with one attached hydrogen (secondary N) is 1. The number of benzene rings is 3. The smallest absolute Gasteiger partial charge is 0.180 e. The van der Waals surface area contributed by atoms with Gasteiger partial charge in [0, 0.05) is 22.3 Å². The van der Waals surface area contributed by atoms with E-state index in [-0.39, 0.29) is 12.4 Å². The highest BCUT2D eigenvalue weighted by molar-refractivity contribution is 9.10. The Bertz CT molecular complexity index is 997. The van der Waals surface area contributed by atoms with Crippen molar-refractivity contribution in [2.24, 2.45) is 0 Å². The summed E-state index contributed by atoms with van der Waals surface area (Å²) >= 11 is 9.95. The van der Waals surface area contributed by atoms with Crippen molar-refractivity contribution < 1.29 is 13.9 Å². The Hall–Kier alpha value is -2.24. The second-order valence-electron chi connectivity index (χ2n) is 6.53. The summed E-state index contributed by atoms with van der Waals surface area (Å²) in [5.74, 6) is 0.647. The normalized spacial score (nSPS) is 10.7. The van der Waals surface area contributed by atoms with Crippen LogP contribution in [0, 0.1) is 12.7 Å². The number of aryl methyl sites for hydroxylation is 1. The highest BCUT2D eigenvalue weighted by atomic mass is 79.9. The Kier molecular flexibility index (Phi) is 7.40. The lowest BCUT2D eigenvalue weighted by molar-refractivity contribution is 0.266. The van der Waals surface area contributed by atoms with Crippen LogP contribution in [-0.2, 0) is 13.2 Å². The number of halogens is 3. The molecule has 0 heterocycles. The van der Waals surface area contributed by atoms with Crippen molar-refractivity contribution in [1.29, 1.82) is 0 Å². The first kappa shape index (κ1) is 21.5. The summed E-state index contributed by atoms with van der Waals surface area (Å²) in [4.78, 5) is 0. The number of rotatable bonds is 8. The molecule has 0 aliphatic carbocycles. The van der Waals surface area contributed by atoms with Gasteiger partial charge < -0.3 is 14.8 Å². The predicted octanol–water partition coefficient (Wildman–Crippen LogP) is 7.14. The van der Waals surface area contributed by atoms with Crippen molar-refractivity contribution >= 4 is 33.2 Å². The molecule has 3 aromatic carbocycles. The minimum atomic E-state index is -0.313. The molecular formula is C23H22BrClFNO2. The average Bonchev–Trinajstić information content (AvgIpc) is 2.68. The lowest BCUT2D eigenvalue weighted by Gasteiger charge is -2.16. The van der Waals surface area contributed by atoms with Gasteiger partial charge in [0.15, 0.2) is 11.5 Å². The predicted molar refractivity (Wildman–Crippen MR) is 120 cm³/mol. The van der Waals surface area contributed by atoms with Crippen LogP contribution in [0.5, 0.6) is 11.5 Å². The molecule has 3 rings (SSSR count). The molecule has 0 unspecified atom stereocenters. The summed E-state index contributed by atoms with van der Waals surface area (Å²) < 4.78 is 26.5. The van der Waals surface area contributed by atoms with Crippen LogP contribution in [0.15, 0.2) is 59.1 Å². The topological polar surface area (TPSA) is 30.5 Å². The third-order valence-corrected chi connectivity index (χ3v) is 5.14. The molecule has 3 aromatic rings. The van der Waals surface area contributed by atoms with Gasteiger partial charge in [-0.25, -0.2) is 4.39 Å². The minimum Gasteiger partial charge on any atom is -0.490 e. The van der Waals surface area contributed by atoms with Crippen LogP contribution in [-0.4, -0.2) is 6.61 Å². The van der Waals surface area contributed by atoms with E-state index in [1.807, 2.05) is 38.1 Å². The van der Waals surface area contributed by atoms with E-state index >= 15 is 0 Å². The zero-order chi connectivity index (χ0) is 20.8. The van der Waals surface area contributed by atoms with Gasteiger partial charge in [-0.15, -0.1) is 0 Å². The van der Waals surface area contributed by atoms with Gasteiger partial charge >= 0.3 is 0 Å². The first-order valence-electron chi connectivity index (χ1n) is 9.29. The van der Waals surface area contributed by atoms with Crippen LogP contribution in [0.1, 0.15) is 23.6 Å². The molecule has 0 fully saturated rings. The van der Waals surface area contributed by atoms with E-state index in [1.165, 1.54) is 6.07 Å². The molecule has 29 heavy (non-hydrogen) atoms. The third kappa shape index (κ3) is 5.64. The fraction of sp³-hybridized carbons (Fsp3) is 0.217. The van der Waals surface area contributed by atoms with Gasteiger partial charge in [0.25, 0.3) is 0 Å². The van der Waals surface area contributed by atoms with E-state index in [9.17, 15) is 4.39 Å². The summed E-state index contributed by atoms with van der Waals surface area (Å²) in [5.41, 5.74) is 3.60. The maximum absolute atomic E-state index is 13.9. The SMILES string of the molecule is CCOc1cc(CNc2ccc(Br)cc2C)cc(Cl)c1OCc1ccccc1F. The summed E-state index contributed by atoms with van der Waals surface area (Å²) in [6.45, 7) is 5.06. The van der Waals surface area contributed by atoms with Crippen molar-refractivity contribution in [3.05, 3.63) is 86.6 Å². The molecule has 3 nitrogen and oxygen atoms in total. The highest BCUT2D eigenvalue weighted by Crippen LogP contribution is 2.37. The van der Waals surface area contributed by atoms with Crippen LogP contribution in [0.2, 0.25) is 5.02 Å². The molecule has 1 N–H and O–H groups in total. The number of hydrogen-bond acceptors (Lipinski definition) is 3. The highest BCUT2D eigenvalue weighted by Gasteiger charge is 2.14. The summed E-state index contributed by atoms with van der Waals surface area (Å²) in [6.07, 6.45) is 0. The second kappa shape index (κ2) is 9.99. The second-order valence-corrected chi connectivity index (χ2v) is 7.85. The molecule has 0 atom stereocenters. The van der Waals surface area contributed by atoms with Crippen molar-refractivity contribution in [3.8, 4) is 11.5 Å². The van der Waals surface area contributed by atoms with Crippen molar-refractivity contribution in [3.63, 3.8) is 0 Å². The van der Waals surface area contributed by atoms with Gasteiger partial charge in [0.05, 0.1) is 11.6 Å². The van der Waals surface area contributed by atoms with Crippen LogP contribution in [0.25, 0.3) is 0 Å². The van der Waals surface area contributed by atoms with Gasteiger partial charge in [-0.05, 0) is 61.4 Å². The average molecular weight is 479 g/mol. The zero-order valence-corrected chi connectivity index (χ0v) is 18.6. The molecule has 152 valence electrons. The van der Waals surface area contributed by atoms with Gasteiger partial charge in [-0.3, -0.25) is 0 Å². The lowest BCUT2D eigenvalue weighted by Crippen LogP contribution is -2.05. The van der Waals surface area contributed by atoms with Gasteiger partial charge in [0.2, 0.25) is 0 Å². The standard InChI is InChI=1S/C23H22BrClFNO2/c1-3-28-22-12-16(13-27-21-9-8-18(24)10-15(21)2)11-19(25)23(22)29-14-17-6-4-5-7-20(17)26/h4-12,27H,3,13-14H2,1-2H3. The van der Waals surface area contributed by atoms with E-state index in [4.69, 9.17) is 21.1 Å². The monoisotopic (exact) mass is 477 g/mol. The van der Waals surface area contributed by atoms with Crippen LogP contribution in [0.3, 0.4) is 0 Å². The van der Waals surface area contributed by atoms with E-state index in [0.717, 1.165) is 21.3 Å². The number of ether oxygens (including phenoxy) is 2. The summed E-state index contributed by atoms with van der Waals surface area (Å²) in [6, 6.07) is 16.3. The van der Waals surface area contributed by atoms with Crippen LogP contribution in [0.4, 0.5) is 10.1 Å². The molecule has 6 heteroatoms. The Labute approximate surface area is 183 Å². The Balaban J connectivity index is 1.77. The molecule has 0 radical (unpaired) electrons. The molecule has 0 aliphatic heterocycles. The molecule has 0 aromatic heterocycles. The Morgan fingerprint density at radius 3 is 2.59 bits per heavy atom. The molecule has 0 saturated carbocycles. The van der Waals surface area contributed by atoms with Gasteiger partial charge in [0.1, 0.15) is 12.4 Å². The number of hydrogen-bond donors (Lipinski definition) is 1. The minimum absolute atomic E-state index is 0.0716. The molecule has 0 bridgehead atoms. The quantitative estimate of drug-likeness (QED) is 0.373. The molecular weight excluding hydrogens is 457 g/mol. The first-order chi connectivity index (χ1) is 14.0. The largest absolute Gasteiger partial charge is 0.490 e. The zero-order valence-electron chi connectivity index (χ0n) is 16.3. The van der Waals surface area contributed by atoms with Crippen LogP contribution >= 0.6 is 27.5 Å². The summed E-state index contributed by atoms with van der Waals surface area (Å²) in [7, 11) is 0. The van der Waals surface area contributed by atoms with Crippen LogP contribution < -0.4 is 14.8 Å². The lowest BCUT2D eigenvalue weighted by atomic mass is 10.1. The van der Waals surface area contributed by atoms with Gasteiger partial charge in [-0.1, -0.05) is 45.7 Å². The van der Waals surface area contributed by atoms with E-state index < -0.39 is 0 Å². The Morgan fingerprint density at radius 1 is 1.07 bits per heavy atom. The molecule has 0 aliphatic rings. The van der Waals surface area contributed by atoms with Crippen molar-refractivity contribution in [2.75, 3.05) is 11.9 Å². The first-order valence-corrected chi connectivity index (χ1v) is 10.5. The third-order valence-electron chi connectivity index (χ3n) is 4.37. The fourth-order valence-electron chi connectivity index (χ4n) is 2.91. The summed E-state index contributed by atoms with van der Waals surface area (Å²) in [5, 5.41) is 3.84. The molecule has 0 spiro atoms. The van der Waals surface area contributed by atoms with E-state index in [0.29, 0.717) is 35.2 Å². The van der Waals surface area contributed by atoms with E-state index in [2.05, 4.69) is 27.3 Å². The van der Waals surface area contributed by atoms with E-state index in [1.54, 1.807) is 18.2 Å². The van der Waals surface area contributed by atoms with Gasteiger partial charge in [-0.2, -0.15) is 0 Å². The molecule has 0 saturated heterocycles. The fourth-order valence-corrected chi connectivity index (χ4v) is 3.68. The molecule has 0 amide bonds. The Morgan fingerprint density at radius 2 is 1.86 bits per heavy atom. The van der Waals surface area contributed by atoms with Crippen molar-refractivity contribution in [2.45, 2.75) is 27.0 Å².